The first kappa shape index (κ1) is 13.8. The van der Waals surface area contributed by atoms with Gasteiger partial charge in [-0.1, -0.05) is 29.8 Å². The molecule has 0 heterocycles. The Balaban J connectivity index is 2.46. The maximum Gasteiger partial charge on any atom is 0.167 e. The molecule has 4 heteroatoms. The number of hydrogen-bond donors (Lipinski definition) is 1. The Kier molecular flexibility index (Phi) is 4.08. The average molecular weight is 280 g/mol. The smallest absolute Gasteiger partial charge is 0.167 e. The zero-order chi connectivity index (χ0) is 14.0. The van der Waals surface area contributed by atoms with Crippen LogP contribution in [0.2, 0.25) is 5.02 Å². The molecule has 100 valence electrons. The van der Waals surface area contributed by atoms with Gasteiger partial charge in [0.05, 0.1) is 0 Å². The highest BCUT2D eigenvalue weighted by atomic mass is 35.5. The van der Waals surface area contributed by atoms with Gasteiger partial charge in [0.15, 0.2) is 11.6 Å². The van der Waals surface area contributed by atoms with Crippen molar-refractivity contribution in [2.45, 2.75) is 19.9 Å². The van der Waals surface area contributed by atoms with E-state index in [2.05, 4.69) is 0 Å². The van der Waals surface area contributed by atoms with E-state index in [9.17, 15) is 4.39 Å². The first-order valence-corrected chi connectivity index (χ1v) is 6.35. The normalized spacial score (nSPS) is 12.3. The molecule has 2 nitrogen and oxygen atoms in total. The molecule has 0 saturated heterocycles. The van der Waals surface area contributed by atoms with Crippen molar-refractivity contribution in [3.63, 3.8) is 0 Å². The van der Waals surface area contributed by atoms with Gasteiger partial charge in [-0.05, 0) is 37.6 Å². The number of para-hydroxylation sites is 1. The van der Waals surface area contributed by atoms with Gasteiger partial charge in [0.25, 0.3) is 0 Å². The molecule has 0 aliphatic carbocycles. The lowest BCUT2D eigenvalue weighted by atomic mass is 10.1. The van der Waals surface area contributed by atoms with Crippen LogP contribution in [0.4, 0.5) is 4.39 Å². The number of nitrogens with two attached hydrogens (primary N) is 1. The maximum atomic E-state index is 13.9. The Hall–Kier alpha value is -1.58. The lowest BCUT2D eigenvalue weighted by Crippen LogP contribution is -2.07. The maximum absolute atomic E-state index is 13.9. The van der Waals surface area contributed by atoms with Crippen LogP contribution in [0, 0.1) is 12.7 Å². The number of ether oxygens (including phenoxy) is 1. The molecule has 2 aromatic rings. The highest BCUT2D eigenvalue weighted by Crippen LogP contribution is 2.34. The number of rotatable bonds is 3. The van der Waals surface area contributed by atoms with E-state index in [4.69, 9.17) is 22.1 Å². The van der Waals surface area contributed by atoms with Crippen LogP contribution in [0.1, 0.15) is 24.1 Å². The molecular formula is C15H15ClFNO. The van der Waals surface area contributed by atoms with Crippen LogP contribution >= 0.6 is 11.6 Å². The van der Waals surface area contributed by atoms with Crippen molar-refractivity contribution in [1.29, 1.82) is 0 Å². The highest BCUT2D eigenvalue weighted by molar-refractivity contribution is 6.30. The minimum Gasteiger partial charge on any atom is -0.454 e. The number of benzene rings is 2. The van der Waals surface area contributed by atoms with Gasteiger partial charge >= 0.3 is 0 Å². The highest BCUT2D eigenvalue weighted by Gasteiger charge is 2.15. The third kappa shape index (κ3) is 3.06. The van der Waals surface area contributed by atoms with E-state index in [1.165, 1.54) is 6.07 Å². The summed E-state index contributed by atoms with van der Waals surface area (Å²) >= 11 is 5.93. The first-order valence-electron chi connectivity index (χ1n) is 5.97. The van der Waals surface area contributed by atoms with Gasteiger partial charge in [0.1, 0.15) is 5.75 Å². The third-order valence-electron chi connectivity index (χ3n) is 2.85. The van der Waals surface area contributed by atoms with Crippen LogP contribution in [-0.2, 0) is 0 Å². The van der Waals surface area contributed by atoms with Crippen molar-refractivity contribution in [2.75, 3.05) is 0 Å². The topological polar surface area (TPSA) is 35.2 Å². The summed E-state index contributed by atoms with van der Waals surface area (Å²) in [6.45, 7) is 3.66. The Morgan fingerprint density at radius 3 is 2.68 bits per heavy atom. The summed E-state index contributed by atoms with van der Waals surface area (Å²) in [5.41, 5.74) is 7.33. The molecule has 0 fully saturated rings. The zero-order valence-corrected chi connectivity index (χ0v) is 11.5. The summed E-state index contributed by atoms with van der Waals surface area (Å²) < 4.78 is 19.6. The van der Waals surface area contributed by atoms with E-state index >= 15 is 0 Å². The van der Waals surface area contributed by atoms with Crippen LogP contribution in [0.5, 0.6) is 11.5 Å². The standard InChI is InChI=1S/C15H15ClFNO/c1-9-6-7-11(16)8-14(9)19-15-12(10(2)18)4-3-5-13(15)17/h3-8,10H,18H2,1-2H3/t10-/m1/s1. The molecule has 1 atom stereocenters. The lowest BCUT2D eigenvalue weighted by Gasteiger charge is -2.15. The predicted octanol–water partition coefficient (Wildman–Crippen LogP) is 4.60. The number of halogens is 2. The van der Waals surface area contributed by atoms with Crippen LogP contribution in [0.15, 0.2) is 36.4 Å². The van der Waals surface area contributed by atoms with Crippen LogP contribution in [-0.4, -0.2) is 0 Å². The molecule has 0 unspecified atom stereocenters. The molecule has 2 aromatic carbocycles. The fourth-order valence-corrected chi connectivity index (χ4v) is 1.95. The predicted molar refractivity (Wildman–Crippen MR) is 75.3 cm³/mol. The van der Waals surface area contributed by atoms with Gasteiger partial charge < -0.3 is 10.5 Å². The van der Waals surface area contributed by atoms with E-state index < -0.39 is 5.82 Å². The van der Waals surface area contributed by atoms with Crippen molar-refractivity contribution in [1.82, 2.24) is 0 Å². The second-order valence-electron chi connectivity index (χ2n) is 4.46. The van der Waals surface area contributed by atoms with Crippen molar-refractivity contribution in [3.05, 3.63) is 58.4 Å². The van der Waals surface area contributed by atoms with Crippen LogP contribution in [0.3, 0.4) is 0 Å². The molecule has 19 heavy (non-hydrogen) atoms. The molecular weight excluding hydrogens is 265 g/mol. The molecule has 0 radical (unpaired) electrons. The van der Waals surface area contributed by atoms with E-state index in [1.54, 1.807) is 31.2 Å². The fraction of sp³-hybridized carbons (Fsp3) is 0.200. The van der Waals surface area contributed by atoms with E-state index in [-0.39, 0.29) is 11.8 Å². The number of aryl methyl sites for hydroxylation is 1. The van der Waals surface area contributed by atoms with E-state index in [0.717, 1.165) is 5.56 Å². The Morgan fingerprint density at radius 2 is 2.00 bits per heavy atom. The second kappa shape index (κ2) is 5.59. The fourth-order valence-electron chi connectivity index (χ4n) is 1.79. The monoisotopic (exact) mass is 279 g/mol. The van der Waals surface area contributed by atoms with E-state index in [0.29, 0.717) is 16.3 Å². The van der Waals surface area contributed by atoms with Gasteiger partial charge in [0, 0.05) is 16.6 Å². The third-order valence-corrected chi connectivity index (χ3v) is 3.09. The summed E-state index contributed by atoms with van der Waals surface area (Å²) in [5.74, 6) is 0.247. The van der Waals surface area contributed by atoms with Gasteiger partial charge in [-0.25, -0.2) is 4.39 Å². The Bertz CT molecular complexity index is 599. The van der Waals surface area contributed by atoms with Crippen molar-refractivity contribution >= 4 is 11.6 Å². The van der Waals surface area contributed by atoms with Crippen LogP contribution in [0.25, 0.3) is 0 Å². The summed E-state index contributed by atoms with van der Waals surface area (Å²) in [6, 6.07) is 9.65. The minimum atomic E-state index is -0.436. The Morgan fingerprint density at radius 1 is 1.26 bits per heavy atom. The molecule has 2 rings (SSSR count). The molecule has 0 amide bonds. The first-order chi connectivity index (χ1) is 8.99. The van der Waals surface area contributed by atoms with Gasteiger partial charge in [-0.15, -0.1) is 0 Å². The average Bonchev–Trinajstić information content (AvgIpc) is 2.35. The zero-order valence-electron chi connectivity index (χ0n) is 10.8. The van der Waals surface area contributed by atoms with E-state index in [1.807, 2.05) is 13.0 Å². The minimum absolute atomic E-state index is 0.155. The summed E-state index contributed by atoms with van der Waals surface area (Å²) in [6.07, 6.45) is 0. The molecule has 0 aliphatic rings. The summed E-state index contributed by atoms with van der Waals surface area (Å²) in [7, 11) is 0. The Labute approximate surface area is 117 Å². The SMILES string of the molecule is Cc1ccc(Cl)cc1Oc1c(F)cccc1[C@@H](C)N. The summed E-state index contributed by atoms with van der Waals surface area (Å²) in [5, 5.41) is 0.541. The quantitative estimate of drug-likeness (QED) is 0.891. The molecule has 0 bridgehead atoms. The molecule has 0 spiro atoms. The number of hydrogen-bond acceptors (Lipinski definition) is 2. The van der Waals surface area contributed by atoms with Gasteiger partial charge in [-0.3, -0.25) is 0 Å². The largest absolute Gasteiger partial charge is 0.454 e. The second-order valence-corrected chi connectivity index (χ2v) is 4.90. The van der Waals surface area contributed by atoms with Crippen LogP contribution < -0.4 is 10.5 Å². The van der Waals surface area contributed by atoms with Crippen molar-refractivity contribution < 1.29 is 9.13 Å². The van der Waals surface area contributed by atoms with Crippen molar-refractivity contribution in [2.24, 2.45) is 5.73 Å². The lowest BCUT2D eigenvalue weighted by molar-refractivity contribution is 0.430. The molecule has 0 aromatic heterocycles. The molecule has 2 N–H and O–H groups in total. The van der Waals surface area contributed by atoms with Gasteiger partial charge in [0.2, 0.25) is 0 Å². The van der Waals surface area contributed by atoms with Gasteiger partial charge in [-0.2, -0.15) is 0 Å². The summed E-state index contributed by atoms with van der Waals surface area (Å²) in [4.78, 5) is 0. The molecule has 0 saturated carbocycles. The van der Waals surface area contributed by atoms with Crippen molar-refractivity contribution in [3.8, 4) is 11.5 Å². The molecule has 0 aliphatic heterocycles.